The topological polar surface area (TPSA) is 114 Å². The van der Waals surface area contributed by atoms with E-state index in [0.717, 1.165) is 42.7 Å². The molecule has 4 aromatic rings. The van der Waals surface area contributed by atoms with Crippen LogP contribution >= 0.6 is 0 Å². The van der Waals surface area contributed by atoms with Gasteiger partial charge in [-0.2, -0.15) is 20.1 Å². The molecule has 0 bridgehead atoms. The highest BCUT2D eigenvalue weighted by Crippen LogP contribution is 2.28. The van der Waals surface area contributed by atoms with Gasteiger partial charge in [0.05, 0.1) is 18.9 Å². The highest BCUT2D eigenvalue weighted by molar-refractivity contribution is 5.91. The van der Waals surface area contributed by atoms with E-state index in [1.807, 2.05) is 49.4 Å². The molecule has 0 saturated carbocycles. The van der Waals surface area contributed by atoms with E-state index in [0.29, 0.717) is 34.9 Å². The van der Waals surface area contributed by atoms with Crippen molar-refractivity contribution in [1.29, 1.82) is 0 Å². The van der Waals surface area contributed by atoms with Gasteiger partial charge >= 0.3 is 5.97 Å². The number of methoxy groups -OCH3 is 1. The van der Waals surface area contributed by atoms with E-state index in [2.05, 4.69) is 35.7 Å². The van der Waals surface area contributed by atoms with Gasteiger partial charge in [-0.05, 0) is 67.8 Å². The second-order valence-corrected chi connectivity index (χ2v) is 9.01. The fourth-order valence-corrected chi connectivity index (χ4v) is 4.12. The zero-order valence-corrected chi connectivity index (χ0v) is 21.8. The van der Waals surface area contributed by atoms with E-state index < -0.39 is 5.97 Å². The molecular weight excluding hydrogens is 494 g/mol. The molecule has 1 fully saturated rings. The number of hydrogen-bond acceptors (Lipinski definition) is 10. The number of anilines is 4. The number of ether oxygens (including phenoxy) is 2. The quantitative estimate of drug-likeness (QED) is 0.132. The van der Waals surface area contributed by atoms with Crippen LogP contribution in [0, 0.1) is 6.92 Å². The number of hydrogen-bond donors (Lipinski definition) is 2. The van der Waals surface area contributed by atoms with Gasteiger partial charge in [-0.25, -0.2) is 10.2 Å². The number of carbonyl (C=O) groups excluding carboxylic acids is 1. The third-order valence-corrected chi connectivity index (χ3v) is 6.06. The first-order valence-corrected chi connectivity index (χ1v) is 12.7. The molecular formula is C29H29N7O3. The molecule has 2 heterocycles. The number of hydrazone groups is 1. The van der Waals surface area contributed by atoms with Crippen LogP contribution < -0.4 is 25.1 Å². The molecule has 0 amide bonds. The average Bonchev–Trinajstić information content (AvgIpc) is 3.50. The van der Waals surface area contributed by atoms with E-state index >= 15 is 0 Å². The number of rotatable bonds is 9. The first-order valence-electron chi connectivity index (χ1n) is 12.7. The number of para-hydroxylation sites is 1. The molecule has 1 aliphatic rings. The Labute approximate surface area is 226 Å². The summed E-state index contributed by atoms with van der Waals surface area (Å²) >= 11 is 0. The van der Waals surface area contributed by atoms with Crippen LogP contribution in [0.5, 0.6) is 11.5 Å². The van der Waals surface area contributed by atoms with Gasteiger partial charge in [0.1, 0.15) is 0 Å². The lowest BCUT2D eigenvalue weighted by Gasteiger charge is -2.16. The third kappa shape index (κ3) is 6.67. The monoisotopic (exact) mass is 523 g/mol. The molecule has 0 radical (unpaired) electrons. The van der Waals surface area contributed by atoms with Gasteiger partial charge in [0.2, 0.25) is 17.8 Å². The Morgan fingerprint density at radius 1 is 0.923 bits per heavy atom. The van der Waals surface area contributed by atoms with Crippen molar-refractivity contribution in [2.24, 2.45) is 5.10 Å². The smallest absolute Gasteiger partial charge is 0.343 e. The zero-order chi connectivity index (χ0) is 27.0. The minimum Gasteiger partial charge on any atom is -0.493 e. The second kappa shape index (κ2) is 12.0. The van der Waals surface area contributed by atoms with Crippen LogP contribution in [0.25, 0.3) is 0 Å². The Morgan fingerprint density at radius 3 is 2.49 bits per heavy atom. The summed E-state index contributed by atoms with van der Waals surface area (Å²) < 4.78 is 11.0. The Kier molecular flexibility index (Phi) is 7.92. The van der Waals surface area contributed by atoms with Crippen LogP contribution in [0.15, 0.2) is 77.9 Å². The van der Waals surface area contributed by atoms with Crippen molar-refractivity contribution in [2.45, 2.75) is 19.8 Å². The lowest BCUT2D eigenvalue weighted by molar-refractivity contribution is 0.0729. The Bertz CT molecular complexity index is 1470. The largest absolute Gasteiger partial charge is 0.493 e. The van der Waals surface area contributed by atoms with Crippen LogP contribution in [0.4, 0.5) is 23.5 Å². The summed E-state index contributed by atoms with van der Waals surface area (Å²) in [6, 6.07) is 22.1. The fraction of sp³-hybridized carbons (Fsp3) is 0.207. The first-order chi connectivity index (χ1) is 19.1. The first kappa shape index (κ1) is 25.7. The number of aryl methyl sites for hydroxylation is 1. The number of nitrogens with zero attached hydrogens (tertiary/aromatic N) is 5. The molecule has 2 N–H and O–H groups in total. The van der Waals surface area contributed by atoms with Crippen molar-refractivity contribution in [2.75, 3.05) is 35.8 Å². The lowest BCUT2D eigenvalue weighted by Crippen LogP contribution is -2.21. The standard InChI is InChI=1S/C29H29N7O3/c1-20-9-8-10-22(17-20)26(37)39-24-14-13-21(18-25(24)38-2)19-30-35-28-32-27(31-23-11-4-3-5-12-23)33-29(34-28)36-15-6-7-16-36/h3-5,8-14,17-19H,6-7,15-16H2,1-2H3,(H2,31,32,33,34,35)/b30-19-. The predicted molar refractivity (Wildman–Crippen MR) is 151 cm³/mol. The van der Waals surface area contributed by atoms with Crippen LogP contribution in [0.1, 0.15) is 34.3 Å². The summed E-state index contributed by atoms with van der Waals surface area (Å²) in [6.07, 6.45) is 3.82. The van der Waals surface area contributed by atoms with Crippen molar-refractivity contribution in [1.82, 2.24) is 15.0 Å². The van der Waals surface area contributed by atoms with E-state index in [-0.39, 0.29) is 0 Å². The Morgan fingerprint density at radius 2 is 1.72 bits per heavy atom. The molecule has 1 aromatic heterocycles. The third-order valence-electron chi connectivity index (χ3n) is 6.06. The van der Waals surface area contributed by atoms with Gasteiger partial charge in [0.25, 0.3) is 0 Å². The summed E-state index contributed by atoms with van der Waals surface area (Å²) in [5.74, 6) is 1.61. The van der Waals surface area contributed by atoms with Crippen molar-refractivity contribution in [3.05, 3.63) is 89.5 Å². The number of aromatic nitrogens is 3. The van der Waals surface area contributed by atoms with Crippen LogP contribution in [0.3, 0.4) is 0 Å². The van der Waals surface area contributed by atoms with Crippen molar-refractivity contribution in [3.63, 3.8) is 0 Å². The van der Waals surface area contributed by atoms with Gasteiger partial charge < -0.3 is 19.7 Å². The predicted octanol–water partition coefficient (Wildman–Crippen LogP) is 5.20. The van der Waals surface area contributed by atoms with E-state index in [4.69, 9.17) is 9.47 Å². The summed E-state index contributed by atoms with van der Waals surface area (Å²) in [6.45, 7) is 3.72. The molecule has 0 aliphatic carbocycles. The maximum atomic E-state index is 12.6. The maximum absolute atomic E-state index is 12.6. The normalized spacial score (nSPS) is 12.9. The summed E-state index contributed by atoms with van der Waals surface area (Å²) in [5.41, 5.74) is 5.96. The molecule has 5 rings (SSSR count). The van der Waals surface area contributed by atoms with Gasteiger partial charge in [0.15, 0.2) is 11.5 Å². The number of nitrogens with one attached hydrogen (secondary N) is 2. The fourth-order valence-electron chi connectivity index (χ4n) is 4.12. The molecule has 1 saturated heterocycles. The van der Waals surface area contributed by atoms with E-state index in [1.54, 1.807) is 36.5 Å². The van der Waals surface area contributed by atoms with Crippen LogP contribution in [-0.4, -0.2) is 47.3 Å². The molecule has 0 atom stereocenters. The number of benzene rings is 3. The molecule has 39 heavy (non-hydrogen) atoms. The molecule has 0 unspecified atom stereocenters. The number of esters is 1. The highest BCUT2D eigenvalue weighted by Gasteiger charge is 2.18. The molecule has 3 aromatic carbocycles. The van der Waals surface area contributed by atoms with Crippen LogP contribution in [0.2, 0.25) is 0 Å². The molecule has 0 spiro atoms. The lowest BCUT2D eigenvalue weighted by atomic mass is 10.1. The van der Waals surface area contributed by atoms with E-state index in [9.17, 15) is 4.79 Å². The number of carbonyl (C=O) groups is 1. The second-order valence-electron chi connectivity index (χ2n) is 9.01. The van der Waals surface area contributed by atoms with Gasteiger partial charge in [-0.15, -0.1) is 0 Å². The Balaban J connectivity index is 1.30. The van der Waals surface area contributed by atoms with E-state index in [1.165, 1.54) is 7.11 Å². The summed E-state index contributed by atoms with van der Waals surface area (Å²) in [5, 5.41) is 7.54. The Hall–Kier alpha value is -4.99. The van der Waals surface area contributed by atoms with Crippen molar-refractivity contribution in [3.8, 4) is 11.5 Å². The SMILES string of the molecule is COc1cc(/C=N\Nc2nc(Nc3ccccc3)nc(N3CCCC3)n2)ccc1OC(=O)c1cccc(C)c1. The maximum Gasteiger partial charge on any atom is 0.343 e. The minimum atomic E-state index is -0.455. The summed E-state index contributed by atoms with van der Waals surface area (Å²) in [4.78, 5) is 28.3. The molecule has 10 nitrogen and oxygen atoms in total. The van der Waals surface area contributed by atoms with Gasteiger partial charge in [0, 0.05) is 18.8 Å². The van der Waals surface area contributed by atoms with Crippen molar-refractivity contribution < 1.29 is 14.3 Å². The van der Waals surface area contributed by atoms with Crippen molar-refractivity contribution >= 4 is 35.7 Å². The molecule has 10 heteroatoms. The minimum absolute atomic E-state index is 0.317. The van der Waals surface area contributed by atoms with Gasteiger partial charge in [-0.3, -0.25) is 0 Å². The molecule has 198 valence electrons. The summed E-state index contributed by atoms with van der Waals surface area (Å²) in [7, 11) is 1.52. The average molecular weight is 524 g/mol. The van der Waals surface area contributed by atoms with Crippen LogP contribution in [-0.2, 0) is 0 Å². The molecule has 1 aliphatic heterocycles. The highest BCUT2D eigenvalue weighted by atomic mass is 16.6. The van der Waals surface area contributed by atoms with Gasteiger partial charge in [-0.1, -0.05) is 35.9 Å². The zero-order valence-electron chi connectivity index (χ0n) is 21.8.